The Balaban J connectivity index is 1.74. The highest BCUT2D eigenvalue weighted by molar-refractivity contribution is 7.71. The van der Waals surface area contributed by atoms with Crippen molar-refractivity contribution in [1.29, 1.82) is 0 Å². The summed E-state index contributed by atoms with van der Waals surface area (Å²) in [7, 11) is -0.802. The summed E-state index contributed by atoms with van der Waals surface area (Å²) in [6.45, 7) is 0. The molecule has 0 radical (unpaired) electrons. The van der Waals surface area contributed by atoms with Crippen molar-refractivity contribution in [2.45, 2.75) is 0 Å². The molecule has 3 heteroatoms. The molecule has 0 aliphatic rings. The van der Waals surface area contributed by atoms with Crippen molar-refractivity contribution < 1.29 is 0 Å². The monoisotopic (exact) mass is 380 g/mol. The molecule has 4 rings (SSSR count). The van der Waals surface area contributed by atoms with Crippen LogP contribution < -0.4 is 15.8 Å². The number of rotatable bonds is 6. The van der Waals surface area contributed by atoms with E-state index >= 15 is 0 Å². The number of hydrogen-bond donors (Lipinski definition) is 1. The summed E-state index contributed by atoms with van der Waals surface area (Å²) in [6, 6.07) is 41.7. The van der Waals surface area contributed by atoms with Crippen molar-refractivity contribution >= 4 is 24.4 Å². The first-order chi connectivity index (χ1) is 13.9. The maximum Gasteiger partial charge on any atom is 0.0977 e. The topological polar surface area (TPSA) is 24.4 Å². The van der Waals surface area contributed by atoms with Gasteiger partial charge in [0.1, 0.15) is 0 Å². The van der Waals surface area contributed by atoms with Crippen LogP contribution >= 0.6 is 8.07 Å². The molecule has 0 aliphatic heterocycles. The first kappa shape index (κ1) is 18.2. The van der Waals surface area contributed by atoms with E-state index in [1.54, 1.807) is 0 Å². The van der Waals surface area contributed by atoms with Gasteiger partial charge in [-0.1, -0.05) is 121 Å². The van der Waals surface area contributed by atoms with Crippen LogP contribution in [0.2, 0.25) is 0 Å². The average Bonchev–Trinajstić information content (AvgIpc) is 2.79. The van der Waals surface area contributed by atoms with Crippen molar-refractivity contribution in [2.24, 2.45) is 5.10 Å². The van der Waals surface area contributed by atoms with Crippen molar-refractivity contribution in [2.75, 3.05) is 0 Å². The van der Waals surface area contributed by atoms with E-state index in [2.05, 4.69) is 78.0 Å². The highest BCUT2D eigenvalue weighted by Crippen LogP contribution is 2.28. The number of benzene rings is 4. The Bertz CT molecular complexity index is 936. The van der Waals surface area contributed by atoms with Gasteiger partial charge in [-0.15, -0.1) is 0 Å². The van der Waals surface area contributed by atoms with Crippen LogP contribution in [0.4, 0.5) is 0 Å². The largest absolute Gasteiger partial charge is 0.280 e. The molecule has 0 aromatic heterocycles. The van der Waals surface area contributed by atoms with Crippen molar-refractivity contribution in [3.05, 3.63) is 132 Å². The van der Waals surface area contributed by atoms with Crippen LogP contribution in [0.1, 0.15) is 11.1 Å². The van der Waals surface area contributed by atoms with E-state index in [9.17, 15) is 0 Å². The number of nitrogens with one attached hydrogen (secondary N) is 1. The minimum absolute atomic E-state index is 0.802. The van der Waals surface area contributed by atoms with E-state index in [-0.39, 0.29) is 0 Å². The third-order valence-electron chi connectivity index (χ3n) is 4.39. The van der Waals surface area contributed by atoms with Gasteiger partial charge < -0.3 is 0 Å². The Kier molecular flexibility index (Phi) is 5.92. The summed E-state index contributed by atoms with van der Waals surface area (Å²) in [6.07, 6.45) is 0. The van der Waals surface area contributed by atoms with E-state index in [1.807, 2.05) is 48.5 Å². The van der Waals surface area contributed by atoms with E-state index in [4.69, 9.17) is 5.10 Å². The Morgan fingerprint density at radius 3 is 1.25 bits per heavy atom. The van der Waals surface area contributed by atoms with E-state index in [1.165, 1.54) is 10.6 Å². The SMILES string of the molecule is c1ccc(C(=NNP(c2ccccc2)c2ccccc2)c2ccccc2)cc1. The second kappa shape index (κ2) is 9.12. The molecule has 28 heavy (non-hydrogen) atoms. The normalized spacial score (nSPS) is 10.5. The van der Waals surface area contributed by atoms with Gasteiger partial charge >= 0.3 is 0 Å². The maximum atomic E-state index is 4.91. The van der Waals surface area contributed by atoms with Crippen LogP contribution in [-0.4, -0.2) is 5.71 Å². The summed E-state index contributed by atoms with van der Waals surface area (Å²) in [5.41, 5.74) is 3.13. The predicted molar refractivity (Wildman–Crippen MR) is 121 cm³/mol. The summed E-state index contributed by atoms with van der Waals surface area (Å²) in [5, 5.41) is 10.9. The van der Waals surface area contributed by atoms with Gasteiger partial charge in [0.15, 0.2) is 0 Å². The molecular weight excluding hydrogens is 359 g/mol. The van der Waals surface area contributed by atoms with Gasteiger partial charge in [0.25, 0.3) is 0 Å². The Hall–Kier alpha value is -3.22. The maximum absolute atomic E-state index is 4.91. The lowest BCUT2D eigenvalue weighted by molar-refractivity contribution is 1.10. The molecule has 0 bridgehead atoms. The van der Waals surface area contributed by atoms with Crippen LogP contribution in [0.25, 0.3) is 0 Å². The fourth-order valence-corrected chi connectivity index (χ4v) is 4.68. The Morgan fingerprint density at radius 2 is 0.857 bits per heavy atom. The third kappa shape index (κ3) is 4.36. The van der Waals surface area contributed by atoms with Crippen LogP contribution in [0.5, 0.6) is 0 Å². The summed E-state index contributed by atoms with van der Waals surface area (Å²) < 4.78 is 0. The minimum Gasteiger partial charge on any atom is -0.280 e. The van der Waals surface area contributed by atoms with Gasteiger partial charge in [-0.2, -0.15) is 5.10 Å². The lowest BCUT2D eigenvalue weighted by atomic mass is 10.0. The number of hydrazone groups is 1. The van der Waals surface area contributed by atoms with Crippen LogP contribution in [0, 0.1) is 0 Å². The molecule has 0 spiro atoms. The zero-order valence-electron chi connectivity index (χ0n) is 15.4. The smallest absolute Gasteiger partial charge is 0.0977 e. The number of nitrogens with zero attached hydrogens (tertiary/aromatic N) is 1. The first-order valence-corrected chi connectivity index (χ1v) is 10.6. The lowest BCUT2D eigenvalue weighted by Crippen LogP contribution is -2.21. The summed E-state index contributed by atoms with van der Waals surface area (Å²) >= 11 is 0. The molecular formula is C25H21N2P. The quantitative estimate of drug-likeness (QED) is 0.282. The van der Waals surface area contributed by atoms with Gasteiger partial charge in [0, 0.05) is 21.7 Å². The van der Waals surface area contributed by atoms with Gasteiger partial charge in [-0.3, -0.25) is 5.20 Å². The summed E-state index contributed by atoms with van der Waals surface area (Å²) in [4.78, 5) is 0. The molecule has 0 fully saturated rings. The van der Waals surface area contributed by atoms with E-state index in [0.29, 0.717) is 0 Å². The lowest BCUT2D eigenvalue weighted by Gasteiger charge is -2.19. The average molecular weight is 380 g/mol. The molecule has 4 aromatic rings. The number of hydrogen-bond acceptors (Lipinski definition) is 2. The van der Waals surface area contributed by atoms with Crippen molar-refractivity contribution in [3.8, 4) is 0 Å². The van der Waals surface area contributed by atoms with E-state index in [0.717, 1.165) is 16.8 Å². The molecule has 0 amide bonds. The van der Waals surface area contributed by atoms with Crippen molar-refractivity contribution in [3.63, 3.8) is 0 Å². The van der Waals surface area contributed by atoms with E-state index < -0.39 is 8.07 Å². The Morgan fingerprint density at radius 1 is 0.500 bits per heavy atom. The molecule has 2 nitrogen and oxygen atoms in total. The predicted octanol–water partition coefficient (Wildman–Crippen LogP) is 5.08. The molecule has 0 atom stereocenters. The van der Waals surface area contributed by atoms with Crippen LogP contribution in [0.3, 0.4) is 0 Å². The van der Waals surface area contributed by atoms with Gasteiger partial charge in [-0.05, 0) is 0 Å². The zero-order chi connectivity index (χ0) is 19.0. The second-order valence-electron chi connectivity index (χ2n) is 6.30. The van der Waals surface area contributed by atoms with Crippen molar-refractivity contribution in [1.82, 2.24) is 5.20 Å². The zero-order valence-corrected chi connectivity index (χ0v) is 16.3. The highest BCUT2D eigenvalue weighted by Gasteiger charge is 2.14. The molecule has 0 saturated carbocycles. The van der Waals surface area contributed by atoms with Crippen LogP contribution in [0.15, 0.2) is 126 Å². The third-order valence-corrected chi connectivity index (χ3v) is 6.31. The summed E-state index contributed by atoms with van der Waals surface area (Å²) in [5.74, 6) is 0. The highest BCUT2D eigenvalue weighted by atomic mass is 31.1. The van der Waals surface area contributed by atoms with Crippen LogP contribution in [-0.2, 0) is 0 Å². The molecule has 136 valence electrons. The van der Waals surface area contributed by atoms with Gasteiger partial charge in [0.05, 0.1) is 13.8 Å². The fourth-order valence-electron chi connectivity index (χ4n) is 3.01. The fraction of sp³-hybridized carbons (Fsp3) is 0. The molecule has 0 unspecified atom stereocenters. The molecule has 0 aliphatic carbocycles. The molecule has 0 saturated heterocycles. The molecule has 4 aromatic carbocycles. The minimum atomic E-state index is -0.802. The van der Waals surface area contributed by atoms with Gasteiger partial charge in [0.2, 0.25) is 0 Å². The Labute approximate surface area is 167 Å². The molecule has 0 heterocycles. The first-order valence-electron chi connectivity index (χ1n) is 9.26. The molecule has 1 N–H and O–H groups in total. The standard InChI is InChI=1S/C25H21N2P/c1-5-13-21(14-6-1)25(22-15-7-2-8-16-22)26-27-28(23-17-9-3-10-18-23)24-19-11-4-12-20-24/h1-20,27H. The van der Waals surface area contributed by atoms with Gasteiger partial charge in [-0.25, -0.2) is 0 Å². The second-order valence-corrected chi connectivity index (χ2v) is 8.20.